The molecule has 1 fully saturated rings. The lowest BCUT2D eigenvalue weighted by atomic mass is 10.1. The zero-order valence-electron chi connectivity index (χ0n) is 16.4. The van der Waals surface area contributed by atoms with Gasteiger partial charge in [-0.25, -0.2) is 4.98 Å². The zero-order chi connectivity index (χ0) is 20.2. The lowest BCUT2D eigenvalue weighted by Crippen LogP contribution is -2.32. The quantitative estimate of drug-likeness (QED) is 0.673. The smallest absolute Gasteiger partial charge is 0.258 e. The monoisotopic (exact) mass is 392 g/mol. The number of nitrogens with one attached hydrogen (secondary N) is 2. The van der Waals surface area contributed by atoms with Gasteiger partial charge in [0.2, 0.25) is 0 Å². The van der Waals surface area contributed by atoms with Gasteiger partial charge in [-0.3, -0.25) is 14.0 Å². The standard InChI is InChI=1S/C22H24N4O3/c1-15-8-9-20-25-16(11-21(27)26(20)14-15)12-23-19-7-3-2-6-18(19)22(28)24-13-17-5-4-10-29-17/h2-3,6-9,11,14,17,23H,4-5,10,12-13H2,1H3,(H,24,28). The van der Waals surface area contributed by atoms with Gasteiger partial charge in [-0.2, -0.15) is 0 Å². The van der Waals surface area contributed by atoms with Crippen molar-refractivity contribution in [3.63, 3.8) is 0 Å². The van der Waals surface area contributed by atoms with Crippen molar-refractivity contribution in [1.82, 2.24) is 14.7 Å². The molecule has 7 heteroatoms. The van der Waals surface area contributed by atoms with Crippen LogP contribution in [0.1, 0.15) is 34.5 Å². The molecule has 1 aliphatic heterocycles. The Balaban J connectivity index is 1.47. The van der Waals surface area contributed by atoms with E-state index < -0.39 is 0 Å². The summed E-state index contributed by atoms with van der Waals surface area (Å²) in [6, 6.07) is 12.6. The predicted molar refractivity (Wildman–Crippen MR) is 111 cm³/mol. The number of amides is 1. The molecule has 29 heavy (non-hydrogen) atoms. The molecule has 0 radical (unpaired) electrons. The molecule has 3 aromatic rings. The van der Waals surface area contributed by atoms with Crippen molar-refractivity contribution in [1.29, 1.82) is 0 Å². The van der Waals surface area contributed by atoms with E-state index in [-0.39, 0.29) is 17.6 Å². The van der Waals surface area contributed by atoms with Crippen LogP contribution in [-0.2, 0) is 11.3 Å². The second kappa shape index (κ2) is 8.45. The van der Waals surface area contributed by atoms with Crippen LogP contribution in [0.5, 0.6) is 0 Å². The molecule has 1 aliphatic rings. The van der Waals surface area contributed by atoms with E-state index in [4.69, 9.17) is 4.74 Å². The minimum atomic E-state index is -0.148. The first-order valence-electron chi connectivity index (χ1n) is 9.82. The van der Waals surface area contributed by atoms with Gasteiger partial charge in [0.15, 0.2) is 0 Å². The van der Waals surface area contributed by atoms with Crippen LogP contribution < -0.4 is 16.2 Å². The number of aryl methyl sites for hydroxylation is 1. The minimum absolute atomic E-state index is 0.0949. The number of anilines is 1. The second-order valence-electron chi connectivity index (χ2n) is 7.26. The molecular weight excluding hydrogens is 368 g/mol. The highest BCUT2D eigenvalue weighted by Gasteiger charge is 2.18. The molecule has 0 bridgehead atoms. The number of aromatic nitrogens is 2. The number of ether oxygens (including phenoxy) is 1. The SMILES string of the molecule is Cc1ccc2nc(CNc3ccccc3C(=O)NCC3CCCO3)cc(=O)n2c1. The van der Waals surface area contributed by atoms with Crippen LogP contribution in [0.4, 0.5) is 5.69 Å². The van der Waals surface area contributed by atoms with Crippen LogP contribution in [0.3, 0.4) is 0 Å². The van der Waals surface area contributed by atoms with Gasteiger partial charge in [0, 0.05) is 31.1 Å². The lowest BCUT2D eigenvalue weighted by molar-refractivity contribution is 0.0858. The number of benzene rings is 1. The summed E-state index contributed by atoms with van der Waals surface area (Å²) >= 11 is 0. The first-order chi connectivity index (χ1) is 14.1. The number of para-hydroxylation sites is 1. The fraction of sp³-hybridized carbons (Fsp3) is 0.318. The third-order valence-corrected chi connectivity index (χ3v) is 5.01. The molecule has 4 rings (SSSR count). The van der Waals surface area contributed by atoms with Gasteiger partial charge >= 0.3 is 0 Å². The number of fused-ring (bicyclic) bond motifs is 1. The highest BCUT2D eigenvalue weighted by Crippen LogP contribution is 2.17. The van der Waals surface area contributed by atoms with Crippen LogP contribution >= 0.6 is 0 Å². The summed E-state index contributed by atoms with van der Waals surface area (Å²) in [5, 5.41) is 6.18. The molecule has 2 aromatic heterocycles. The molecule has 150 valence electrons. The maximum absolute atomic E-state index is 12.6. The van der Waals surface area contributed by atoms with E-state index in [0.29, 0.717) is 35.7 Å². The summed E-state index contributed by atoms with van der Waals surface area (Å²) in [5.41, 5.74) is 3.34. The van der Waals surface area contributed by atoms with E-state index in [0.717, 1.165) is 25.0 Å². The Hall–Kier alpha value is -3.19. The molecule has 1 atom stereocenters. The van der Waals surface area contributed by atoms with Crippen molar-refractivity contribution in [2.45, 2.75) is 32.4 Å². The molecule has 7 nitrogen and oxygen atoms in total. The highest BCUT2D eigenvalue weighted by atomic mass is 16.5. The van der Waals surface area contributed by atoms with E-state index in [9.17, 15) is 9.59 Å². The largest absolute Gasteiger partial charge is 0.379 e. The van der Waals surface area contributed by atoms with Gasteiger partial charge in [-0.15, -0.1) is 0 Å². The topological polar surface area (TPSA) is 84.7 Å². The molecule has 0 spiro atoms. The van der Waals surface area contributed by atoms with E-state index in [2.05, 4.69) is 15.6 Å². The molecule has 2 N–H and O–H groups in total. The van der Waals surface area contributed by atoms with E-state index in [1.165, 1.54) is 10.5 Å². The van der Waals surface area contributed by atoms with Crippen molar-refractivity contribution < 1.29 is 9.53 Å². The average molecular weight is 392 g/mol. The predicted octanol–water partition coefficient (Wildman–Crippen LogP) is 2.52. The van der Waals surface area contributed by atoms with Crippen molar-refractivity contribution >= 4 is 17.2 Å². The van der Waals surface area contributed by atoms with Gasteiger partial charge in [-0.05, 0) is 43.5 Å². The molecule has 3 heterocycles. The van der Waals surface area contributed by atoms with Crippen LogP contribution in [0.25, 0.3) is 5.65 Å². The molecule has 1 saturated heterocycles. The molecule has 0 saturated carbocycles. The summed E-state index contributed by atoms with van der Waals surface area (Å²) in [6.45, 7) is 3.55. The normalized spacial score (nSPS) is 16.1. The number of pyridine rings is 1. The molecule has 1 aromatic carbocycles. The highest BCUT2D eigenvalue weighted by molar-refractivity contribution is 5.99. The fourth-order valence-electron chi connectivity index (χ4n) is 3.48. The zero-order valence-corrected chi connectivity index (χ0v) is 16.4. The maximum atomic E-state index is 12.6. The Morgan fingerprint density at radius 3 is 2.97 bits per heavy atom. The van der Waals surface area contributed by atoms with E-state index in [1.54, 1.807) is 12.3 Å². The molecular formula is C22H24N4O3. The summed E-state index contributed by atoms with van der Waals surface area (Å²) in [5.74, 6) is -0.148. The number of hydrogen-bond donors (Lipinski definition) is 2. The van der Waals surface area contributed by atoms with Crippen LogP contribution in [-0.4, -0.2) is 34.5 Å². The second-order valence-corrected chi connectivity index (χ2v) is 7.26. The fourth-order valence-corrected chi connectivity index (χ4v) is 3.48. The number of carbonyl (C=O) groups excluding carboxylic acids is 1. The first-order valence-corrected chi connectivity index (χ1v) is 9.82. The summed E-state index contributed by atoms with van der Waals surface area (Å²) in [7, 11) is 0. The van der Waals surface area contributed by atoms with Crippen molar-refractivity contribution in [2.24, 2.45) is 0 Å². The number of carbonyl (C=O) groups is 1. The first kappa shape index (κ1) is 19.1. The van der Waals surface area contributed by atoms with Crippen molar-refractivity contribution in [3.05, 3.63) is 75.8 Å². The summed E-state index contributed by atoms with van der Waals surface area (Å²) < 4.78 is 7.09. The van der Waals surface area contributed by atoms with Gasteiger partial charge in [0.1, 0.15) is 5.65 Å². The summed E-state index contributed by atoms with van der Waals surface area (Å²) in [4.78, 5) is 29.5. The Morgan fingerprint density at radius 1 is 1.28 bits per heavy atom. The van der Waals surface area contributed by atoms with Crippen LogP contribution in [0, 0.1) is 6.92 Å². The number of nitrogens with zero attached hydrogens (tertiary/aromatic N) is 2. The van der Waals surface area contributed by atoms with Crippen molar-refractivity contribution in [3.8, 4) is 0 Å². The number of hydrogen-bond acceptors (Lipinski definition) is 5. The Kier molecular flexibility index (Phi) is 5.57. The van der Waals surface area contributed by atoms with E-state index in [1.807, 2.05) is 37.3 Å². The van der Waals surface area contributed by atoms with Gasteiger partial charge in [0.25, 0.3) is 11.5 Å². The van der Waals surface area contributed by atoms with Crippen LogP contribution in [0.2, 0.25) is 0 Å². The molecule has 1 amide bonds. The van der Waals surface area contributed by atoms with Gasteiger partial charge in [-0.1, -0.05) is 18.2 Å². The maximum Gasteiger partial charge on any atom is 0.258 e. The third-order valence-electron chi connectivity index (χ3n) is 5.01. The summed E-state index contributed by atoms with van der Waals surface area (Å²) in [6.07, 6.45) is 3.88. The minimum Gasteiger partial charge on any atom is -0.379 e. The molecule has 0 aliphatic carbocycles. The third kappa shape index (κ3) is 4.46. The average Bonchev–Trinajstić information content (AvgIpc) is 3.25. The lowest BCUT2D eigenvalue weighted by Gasteiger charge is -2.14. The Bertz CT molecular complexity index is 1090. The van der Waals surface area contributed by atoms with Gasteiger partial charge in [0.05, 0.1) is 23.9 Å². The molecule has 1 unspecified atom stereocenters. The van der Waals surface area contributed by atoms with Crippen molar-refractivity contribution in [2.75, 3.05) is 18.5 Å². The number of rotatable bonds is 6. The Morgan fingerprint density at radius 2 is 2.14 bits per heavy atom. The van der Waals surface area contributed by atoms with Gasteiger partial charge < -0.3 is 15.4 Å². The Labute approximate surface area is 168 Å². The van der Waals surface area contributed by atoms with E-state index >= 15 is 0 Å². The van der Waals surface area contributed by atoms with Crippen LogP contribution in [0.15, 0.2) is 53.5 Å².